The Hall–Kier alpha value is -1.64. The molecule has 4 aliphatic carbocycles. The monoisotopic (exact) mass is 506 g/mol. The fourth-order valence-corrected chi connectivity index (χ4v) is 9.20. The molecule has 202 valence electrons. The fourth-order valence-electron chi connectivity index (χ4n) is 9.20. The predicted molar refractivity (Wildman–Crippen MR) is 130 cm³/mol. The fraction of sp³-hybridized carbons (Fsp3) is 0.857. The van der Waals surface area contributed by atoms with Crippen LogP contribution in [0.4, 0.5) is 4.79 Å². The van der Waals surface area contributed by atoms with E-state index in [4.69, 9.17) is 28.4 Å². The van der Waals surface area contributed by atoms with Crippen molar-refractivity contribution in [3.63, 3.8) is 0 Å². The van der Waals surface area contributed by atoms with E-state index in [-0.39, 0.29) is 59.3 Å². The van der Waals surface area contributed by atoms with Crippen LogP contribution in [0.15, 0.2) is 11.6 Å². The topological polar surface area (TPSA) is 92.8 Å². The lowest BCUT2D eigenvalue weighted by molar-refractivity contribution is -0.165. The summed E-state index contributed by atoms with van der Waals surface area (Å²) in [6.07, 6.45) is 5.50. The minimum absolute atomic E-state index is 0.0280. The summed E-state index contributed by atoms with van der Waals surface area (Å²) >= 11 is 0. The van der Waals surface area contributed by atoms with Gasteiger partial charge in [0.15, 0.2) is 6.29 Å². The van der Waals surface area contributed by atoms with Crippen molar-refractivity contribution in [2.45, 2.75) is 90.5 Å². The average Bonchev–Trinajstić information content (AvgIpc) is 3.57. The van der Waals surface area contributed by atoms with Crippen LogP contribution in [0.5, 0.6) is 0 Å². The molecular weight excluding hydrogens is 464 g/mol. The second kappa shape index (κ2) is 9.28. The lowest BCUT2D eigenvalue weighted by Gasteiger charge is -2.59. The second-order valence-corrected chi connectivity index (χ2v) is 12.1. The van der Waals surface area contributed by atoms with Gasteiger partial charge in [0.2, 0.25) is 0 Å². The van der Waals surface area contributed by atoms with Gasteiger partial charge in [0.1, 0.15) is 18.3 Å². The minimum Gasteiger partial charge on any atom is -0.459 e. The SMILES string of the molecule is COC(=O)O[C@@H]1C=C2C[C@@H](OC(C)=O)[C@@H]3O[C@@H]3[C@]2(C)C2CC[C@@]3(C)C(CC[C@@H]3C(C)C(OC)OC)C21. The summed E-state index contributed by atoms with van der Waals surface area (Å²) in [4.78, 5) is 24.1. The molecule has 0 aromatic carbocycles. The van der Waals surface area contributed by atoms with Gasteiger partial charge in [-0.2, -0.15) is 0 Å². The Morgan fingerprint density at radius 2 is 1.78 bits per heavy atom. The summed E-state index contributed by atoms with van der Waals surface area (Å²) in [5.74, 6) is 1.30. The van der Waals surface area contributed by atoms with Gasteiger partial charge in [-0.3, -0.25) is 4.79 Å². The van der Waals surface area contributed by atoms with E-state index >= 15 is 0 Å². The van der Waals surface area contributed by atoms with E-state index in [0.717, 1.165) is 25.7 Å². The molecule has 0 amide bonds. The van der Waals surface area contributed by atoms with Crippen LogP contribution in [0.2, 0.25) is 0 Å². The van der Waals surface area contributed by atoms with E-state index in [0.29, 0.717) is 24.2 Å². The standard InChI is InChI=1S/C28H42O8/c1-14(25(31-5)32-6)17-8-9-18-22-19(10-11-27(17,18)3)28(4)16(12-20(22)35-26(30)33-7)13-21(34-15(2)29)23-24(28)36-23/h12,14,17-25H,8-11,13H2,1-7H3/t14?,17-,18?,19?,20-,21-,22?,23+,24+,27-,28+/m1/s1. The van der Waals surface area contributed by atoms with E-state index in [2.05, 4.69) is 26.8 Å². The Balaban J connectivity index is 1.50. The quantitative estimate of drug-likeness (QED) is 0.225. The Labute approximate surface area is 214 Å². The maximum absolute atomic E-state index is 12.4. The van der Waals surface area contributed by atoms with Crippen LogP contribution in [0.25, 0.3) is 0 Å². The Kier molecular flexibility index (Phi) is 6.70. The molecule has 0 aromatic heterocycles. The lowest BCUT2D eigenvalue weighted by atomic mass is 9.46. The van der Waals surface area contributed by atoms with E-state index in [1.165, 1.54) is 19.6 Å². The molecule has 0 radical (unpaired) electrons. The highest BCUT2D eigenvalue weighted by molar-refractivity contribution is 5.66. The minimum atomic E-state index is -0.652. The van der Waals surface area contributed by atoms with Gasteiger partial charge in [-0.05, 0) is 54.9 Å². The van der Waals surface area contributed by atoms with E-state index in [1.807, 2.05) is 0 Å². The summed E-state index contributed by atoms with van der Waals surface area (Å²) in [7, 11) is 4.78. The summed E-state index contributed by atoms with van der Waals surface area (Å²) in [6.45, 7) is 8.43. The zero-order valence-electron chi connectivity index (χ0n) is 22.7. The van der Waals surface area contributed by atoms with Gasteiger partial charge >= 0.3 is 12.1 Å². The number of rotatable bonds is 6. The van der Waals surface area contributed by atoms with Crippen molar-refractivity contribution in [3.8, 4) is 0 Å². The van der Waals surface area contributed by atoms with Gasteiger partial charge < -0.3 is 28.4 Å². The van der Waals surface area contributed by atoms with E-state index in [1.54, 1.807) is 14.2 Å². The Bertz CT molecular complexity index is 913. The zero-order chi connectivity index (χ0) is 26.0. The summed E-state index contributed by atoms with van der Waals surface area (Å²) in [5, 5.41) is 0. The summed E-state index contributed by atoms with van der Waals surface area (Å²) < 4.78 is 34.1. The molecule has 0 spiro atoms. The Morgan fingerprint density at radius 1 is 1.06 bits per heavy atom. The molecule has 36 heavy (non-hydrogen) atoms. The molecule has 1 aliphatic heterocycles. The van der Waals surface area contributed by atoms with Gasteiger partial charge in [-0.15, -0.1) is 0 Å². The third kappa shape index (κ3) is 3.81. The normalized spacial score (nSPS) is 45.4. The highest BCUT2D eigenvalue weighted by Gasteiger charge is 2.70. The predicted octanol–water partition coefficient (Wildman–Crippen LogP) is 4.50. The first-order chi connectivity index (χ1) is 17.1. The number of ether oxygens (including phenoxy) is 6. The van der Waals surface area contributed by atoms with Crippen molar-refractivity contribution < 1.29 is 38.0 Å². The van der Waals surface area contributed by atoms with Gasteiger partial charge in [0, 0.05) is 44.8 Å². The van der Waals surface area contributed by atoms with Crippen molar-refractivity contribution in [1.82, 2.24) is 0 Å². The zero-order valence-corrected chi connectivity index (χ0v) is 22.7. The maximum atomic E-state index is 12.4. The van der Waals surface area contributed by atoms with Crippen LogP contribution in [0.3, 0.4) is 0 Å². The highest BCUT2D eigenvalue weighted by Crippen LogP contribution is 2.69. The molecule has 1 heterocycles. The Morgan fingerprint density at radius 3 is 2.42 bits per heavy atom. The van der Waals surface area contributed by atoms with E-state index < -0.39 is 6.16 Å². The summed E-state index contributed by atoms with van der Waals surface area (Å²) in [6, 6.07) is 0. The van der Waals surface area contributed by atoms with Crippen LogP contribution in [-0.4, -0.2) is 64.2 Å². The van der Waals surface area contributed by atoms with Crippen LogP contribution >= 0.6 is 0 Å². The summed E-state index contributed by atoms with van der Waals surface area (Å²) in [5.41, 5.74) is 1.12. The lowest BCUT2D eigenvalue weighted by Crippen LogP contribution is -2.58. The smallest absolute Gasteiger partial charge is 0.459 e. The number of esters is 1. The first kappa shape index (κ1) is 26.0. The van der Waals surface area contributed by atoms with Crippen molar-refractivity contribution >= 4 is 12.1 Å². The van der Waals surface area contributed by atoms with Gasteiger partial charge in [-0.25, -0.2) is 4.79 Å². The number of hydrogen-bond acceptors (Lipinski definition) is 8. The van der Waals surface area contributed by atoms with Gasteiger partial charge in [0.25, 0.3) is 0 Å². The van der Waals surface area contributed by atoms with Gasteiger partial charge in [0.05, 0.1) is 13.2 Å². The van der Waals surface area contributed by atoms with E-state index in [9.17, 15) is 9.59 Å². The molecule has 11 atom stereocenters. The molecule has 0 aromatic rings. The largest absolute Gasteiger partial charge is 0.508 e. The molecule has 0 bridgehead atoms. The third-order valence-corrected chi connectivity index (χ3v) is 10.8. The number of hydrogen-bond donors (Lipinski definition) is 0. The van der Waals surface area contributed by atoms with Crippen molar-refractivity contribution in [2.24, 2.45) is 40.4 Å². The first-order valence-corrected chi connectivity index (χ1v) is 13.4. The molecule has 5 rings (SSSR count). The molecule has 0 N–H and O–H groups in total. The van der Waals surface area contributed by atoms with Gasteiger partial charge in [-0.1, -0.05) is 26.3 Å². The van der Waals surface area contributed by atoms with Crippen molar-refractivity contribution in [3.05, 3.63) is 11.6 Å². The molecule has 8 nitrogen and oxygen atoms in total. The number of fused-ring (bicyclic) bond motifs is 7. The molecule has 5 aliphatic rings. The number of epoxide rings is 1. The highest BCUT2D eigenvalue weighted by atomic mass is 16.7. The first-order valence-electron chi connectivity index (χ1n) is 13.4. The van der Waals surface area contributed by atoms with Crippen LogP contribution in [0, 0.1) is 40.4 Å². The molecule has 4 fully saturated rings. The number of carbonyl (C=O) groups is 2. The molecule has 8 heteroatoms. The van der Waals surface area contributed by atoms with Crippen LogP contribution in [0.1, 0.15) is 59.8 Å². The number of carbonyl (C=O) groups excluding carboxylic acids is 2. The molecule has 3 saturated carbocycles. The third-order valence-electron chi connectivity index (χ3n) is 10.8. The maximum Gasteiger partial charge on any atom is 0.508 e. The van der Waals surface area contributed by atoms with Crippen LogP contribution < -0.4 is 0 Å². The molecular formula is C28H42O8. The average molecular weight is 507 g/mol. The van der Waals surface area contributed by atoms with Crippen LogP contribution in [-0.2, 0) is 33.2 Å². The second-order valence-electron chi connectivity index (χ2n) is 12.1. The molecule has 4 unspecified atom stereocenters. The van der Waals surface area contributed by atoms with Crippen molar-refractivity contribution in [1.29, 1.82) is 0 Å². The number of methoxy groups -OCH3 is 3. The van der Waals surface area contributed by atoms with Crippen molar-refractivity contribution in [2.75, 3.05) is 21.3 Å². The molecule has 1 saturated heterocycles.